The maximum atomic E-state index is 13.0. The SMILES string of the molecule is Nc1cccc(N)c1.O=C(Cl)c1ccccc1.O=C(Nc1cccc(NC(=O)c2cccc(C(=O)Nc3cccc(NC(=O)c4ccccc4)c3)c2)c1)c1ccccc1.[2H]CC(C)=O. The van der Waals surface area contributed by atoms with Gasteiger partial charge in [-0.1, -0.05) is 91.0 Å². The number of carbonyl (C=O) groups excluding carboxylic acids is 6. The Hall–Kier alpha value is -8.35. The molecule has 0 heterocycles. The van der Waals surface area contributed by atoms with Crippen LogP contribution in [0.3, 0.4) is 0 Å². The minimum absolute atomic E-state index is 0.0787. The number of rotatable bonds is 9. The molecule has 0 radical (unpaired) electrons. The number of hydrogen-bond donors (Lipinski definition) is 6. The van der Waals surface area contributed by atoms with Gasteiger partial charge in [-0.2, -0.15) is 0 Å². The van der Waals surface area contributed by atoms with Gasteiger partial charge in [0, 0.05) is 63.3 Å². The topological polar surface area (TPSA) is 203 Å². The second-order valence-electron chi connectivity index (χ2n) is 13.3. The normalized spacial score (nSPS) is 9.90. The Morgan fingerprint density at radius 2 is 0.683 bits per heavy atom. The molecular formula is C50H45ClN6O6. The van der Waals surface area contributed by atoms with Crippen LogP contribution in [0.4, 0.5) is 34.1 Å². The number of nitrogens with one attached hydrogen (secondary N) is 4. The summed E-state index contributed by atoms with van der Waals surface area (Å²) in [4.78, 5) is 71.0. The number of nitrogens with two attached hydrogens (primary N) is 2. The minimum Gasteiger partial charge on any atom is -0.399 e. The molecule has 0 aliphatic rings. The van der Waals surface area contributed by atoms with Gasteiger partial charge in [-0.25, -0.2) is 0 Å². The molecule has 7 rings (SSSR count). The molecule has 0 saturated carbocycles. The molecule has 0 spiro atoms. The number of ketones is 1. The van der Waals surface area contributed by atoms with Gasteiger partial charge in [-0.05, 0) is 122 Å². The second kappa shape index (κ2) is 24.7. The van der Waals surface area contributed by atoms with Gasteiger partial charge < -0.3 is 37.5 Å². The van der Waals surface area contributed by atoms with Crippen LogP contribution in [-0.2, 0) is 4.79 Å². The van der Waals surface area contributed by atoms with Crippen LogP contribution in [0.2, 0.25) is 0 Å². The highest BCUT2D eigenvalue weighted by Gasteiger charge is 2.13. The Bertz CT molecular complexity index is 2530. The van der Waals surface area contributed by atoms with Crippen LogP contribution < -0.4 is 32.7 Å². The summed E-state index contributed by atoms with van der Waals surface area (Å²) < 4.78 is 6.31. The lowest BCUT2D eigenvalue weighted by atomic mass is 10.1. The molecule has 13 heteroatoms. The van der Waals surface area contributed by atoms with Crippen molar-refractivity contribution < 1.29 is 30.1 Å². The molecule has 0 fully saturated rings. The van der Waals surface area contributed by atoms with Crippen LogP contribution in [-0.4, -0.2) is 34.7 Å². The summed E-state index contributed by atoms with van der Waals surface area (Å²) in [6.45, 7) is 1.31. The lowest BCUT2D eigenvalue weighted by Crippen LogP contribution is -2.16. The molecule has 8 N–H and O–H groups in total. The van der Waals surface area contributed by atoms with Crippen LogP contribution in [0.25, 0.3) is 0 Å². The molecular weight excluding hydrogens is 816 g/mol. The monoisotopic (exact) mass is 861 g/mol. The summed E-state index contributed by atoms with van der Waals surface area (Å²) in [5, 5.41) is 10.8. The zero-order chi connectivity index (χ0) is 46.3. The molecule has 12 nitrogen and oxygen atoms in total. The van der Waals surface area contributed by atoms with E-state index < -0.39 is 17.1 Å². The van der Waals surface area contributed by atoms with Crippen molar-refractivity contribution in [3.8, 4) is 0 Å². The zero-order valence-corrected chi connectivity index (χ0v) is 34.8. The second-order valence-corrected chi connectivity index (χ2v) is 13.6. The van der Waals surface area contributed by atoms with Crippen LogP contribution in [0, 0.1) is 0 Å². The fourth-order valence-corrected chi connectivity index (χ4v) is 5.40. The van der Waals surface area contributed by atoms with Crippen LogP contribution in [0.5, 0.6) is 0 Å². The summed E-state index contributed by atoms with van der Waals surface area (Å²) in [5.74, 6) is -1.43. The third-order valence-corrected chi connectivity index (χ3v) is 8.35. The number of anilines is 6. The Labute approximate surface area is 371 Å². The van der Waals surface area contributed by atoms with Crippen LogP contribution >= 0.6 is 11.6 Å². The van der Waals surface area contributed by atoms with Gasteiger partial charge in [0.05, 0.1) is 0 Å². The molecule has 0 atom stereocenters. The van der Waals surface area contributed by atoms with Crippen molar-refractivity contribution >= 4 is 80.4 Å². The number of benzene rings is 7. The highest BCUT2D eigenvalue weighted by molar-refractivity contribution is 6.67. The van der Waals surface area contributed by atoms with Crippen LogP contribution in [0.1, 0.15) is 67.0 Å². The largest absolute Gasteiger partial charge is 0.399 e. The molecule has 0 aromatic heterocycles. The summed E-state index contributed by atoms with van der Waals surface area (Å²) in [6.07, 6.45) is 0. The van der Waals surface area contributed by atoms with Crippen molar-refractivity contribution in [1.82, 2.24) is 0 Å². The Morgan fingerprint density at radius 1 is 0.397 bits per heavy atom. The first-order valence-electron chi connectivity index (χ1n) is 19.8. The Balaban J connectivity index is 0.000000330. The number of Topliss-reactive ketones (excluding diaryl/α,β-unsaturated/α-hetero) is 1. The molecule has 0 unspecified atom stereocenters. The maximum absolute atomic E-state index is 13.0. The molecule has 4 amide bonds. The fraction of sp³-hybridized carbons (Fsp3) is 0.0400. The van der Waals surface area contributed by atoms with E-state index in [1.54, 1.807) is 158 Å². The molecule has 0 aliphatic heterocycles. The van der Waals surface area contributed by atoms with Gasteiger partial charge >= 0.3 is 0 Å². The molecule has 0 bridgehead atoms. The van der Waals surface area contributed by atoms with Crippen molar-refractivity contribution in [2.24, 2.45) is 0 Å². The highest BCUT2D eigenvalue weighted by atomic mass is 35.5. The fourth-order valence-electron chi connectivity index (χ4n) is 5.27. The third kappa shape index (κ3) is 17.0. The first-order valence-corrected chi connectivity index (χ1v) is 19.5. The minimum atomic E-state index is -0.415. The standard InChI is InChI=1S/C34H26N4O4.C7H5ClO.C6H8N2.C3H6O/c39-31(23-10-3-1-4-11-23)35-27-16-8-18-29(21-27)37-33(41)25-14-7-15-26(20-25)34(42)38-30-19-9-17-28(22-30)36-32(40)24-12-5-2-6-13-24;8-7(9)6-4-2-1-3-5-6;7-5-2-1-3-6(8)4-5;1-3(2)4/h1-22H,(H,35,39)(H,36,40)(H,37,41)(H,38,42);1-5H;1-4H,7-8H2;1-2H3/i;;;1D. The van der Waals surface area contributed by atoms with E-state index >= 15 is 0 Å². The third-order valence-electron chi connectivity index (χ3n) is 8.13. The zero-order valence-electron chi connectivity index (χ0n) is 35.1. The van der Waals surface area contributed by atoms with Gasteiger partial charge in [0.25, 0.3) is 28.9 Å². The van der Waals surface area contributed by atoms with Gasteiger partial charge in [-0.3, -0.25) is 24.0 Å². The molecule has 0 aliphatic carbocycles. The quantitative estimate of drug-likeness (QED) is 0.0607. The van der Waals surface area contributed by atoms with Crippen molar-refractivity contribution in [2.75, 3.05) is 32.7 Å². The van der Waals surface area contributed by atoms with E-state index in [1.165, 1.54) is 13.0 Å². The summed E-state index contributed by atoms with van der Waals surface area (Å²) in [6, 6.07) is 53.4. The van der Waals surface area contributed by atoms with Crippen molar-refractivity contribution in [2.45, 2.75) is 13.8 Å². The first-order chi connectivity index (χ1) is 30.8. The summed E-state index contributed by atoms with van der Waals surface area (Å²) in [7, 11) is 0. The Kier molecular flexibility index (Phi) is 17.9. The first kappa shape index (κ1) is 45.7. The van der Waals surface area contributed by atoms with Gasteiger partial charge in [0.15, 0.2) is 0 Å². The van der Waals surface area contributed by atoms with Crippen LogP contribution in [0.15, 0.2) is 188 Å². The van der Waals surface area contributed by atoms with Gasteiger partial charge in [0.2, 0.25) is 0 Å². The predicted molar refractivity (Wildman–Crippen MR) is 252 cm³/mol. The van der Waals surface area contributed by atoms with E-state index in [9.17, 15) is 28.8 Å². The number of nitrogen functional groups attached to an aromatic ring is 2. The average Bonchev–Trinajstić information content (AvgIpc) is 3.30. The highest BCUT2D eigenvalue weighted by Crippen LogP contribution is 2.20. The lowest BCUT2D eigenvalue weighted by Gasteiger charge is -2.11. The molecule has 0 saturated heterocycles. The van der Waals surface area contributed by atoms with Gasteiger partial charge in [0.1, 0.15) is 5.78 Å². The van der Waals surface area contributed by atoms with Crippen molar-refractivity contribution in [1.29, 1.82) is 0 Å². The molecule has 63 heavy (non-hydrogen) atoms. The van der Waals surface area contributed by atoms with Crippen molar-refractivity contribution in [3.63, 3.8) is 0 Å². The smallest absolute Gasteiger partial charge is 0.255 e. The van der Waals surface area contributed by atoms with E-state index in [1.807, 2.05) is 24.3 Å². The van der Waals surface area contributed by atoms with E-state index in [4.69, 9.17) is 24.4 Å². The van der Waals surface area contributed by atoms with Gasteiger partial charge in [-0.15, -0.1) is 0 Å². The molecule has 7 aromatic rings. The molecule has 7 aromatic carbocycles. The summed E-state index contributed by atoms with van der Waals surface area (Å²) >= 11 is 5.16. The summed E-state index contributed by atoms with van der Waals surface area (Å²) in [5.41, 5.74) is 16.3. The Morgan fingerprint density at radius 3 is 0.968 bits per heavy atom. The van der Waals surface area contributed by atoms with E-state index in [0.29, 0.717) is 50.8 Å². The lowest BCUT2D eigenvalue weighted by molar-refractivity contribution is -0.115. The van der Waals surface area contributed by atoms with E-state index in [2.05, 4.69) is 21.3 Å². The molecule has 318 valence electrons. The number of hydrogen-bond acceptors (Lipinski definition) is 8. The van der Waals surface area contributed by atoms with E-state index in [-0.39, 0.29) is 35.6 Å². The van der Waals surface area contributed by atoms with E-state index in [0.717, 1.165) is 0 Å². The maximum Gasteiger partial charge on any atom is 0.255 e. The average molecular weight is 862 g/mol. The number of carbonyl (C=O) groups is 6. The predicted octanol–water partition coefficient (Wildman–Crippen LogP) is 10.2. The van der Waals surface area contributed by atoms with Crippen molar-refractivity contribution in [3.05, 3.63) is 216 Å². The number of halogens is 1. The number of amides is 4.